The van der Waals surface area contributed by atoms with Crippen LogP contribution in [0.15, 0.2) is 40.8 Å². The molecule has 1 unspecified atom stereocenters. The maximum absolute atomic E-state index is 14.7. The minimum atomic E-state index is -0.405. The molecule has 0 spiro atoms. The van der Waals surface area contributed by atoms with E-state index in [9.17, 15) is 9.18 Å². The van der Waals surface area contributed by atoms with Crippen LogP contribution in [0.5, 0.6) is 0 Å². The van der Waals surface area contributed by atoms with Crippen molar-refractivity contribution in [3.8, 4) is 6.07 Å². The van der Waals surface area contributed by atoms with Gasteiger partial charge in [-0.1, -0.05) is 0 Å². The van der Waals surface area contributed by atoms with Crippen molar-refractivity contribution >= 4 is 33.2 Å². The number of nitriles is 1. The fourth-order valence-corrected chi connectivity index (χ4v) is 4.89. The molecule has 5 nitrogen and oxygen atoms in total. The van der Waals surface area contributed by atoms with Crippen LogP contribution in [0.25, 0.3) is 0 Å². The molecule has 1 radical (unpaired) electrons. The maximum atomic E-state index is 14.7. The van der Waals surface area contributed by atoms with Crippen molar-refractivity contribution in [3.05, 3.63) is 46.6 Å². The molecular formula is C20H22AsFN3O2. The summed E-state index contributed by atoms with van der Waals surface area (Å²) in [4.78, 5) is 17.8. The molecule has 2 heterocycles. The molecule has 1 atom stereocenters. The Bertz CT molecular complexity index is 793. The average Bonchev–Trinajstić information content (AvgIpc) is 3.03. The van der Waals surface area contributed by atoms with E-state index in [1.807, 2.05) is 17.9 Å². The van der Waals surface area contributed by atoms with Gasteiger partial charge in [-0.15, -0.1) is 0 Å². The zero-order valence-corrected chi connectivity index (χ0v) is 17.1. The van der Waals surface area contributed by atoms with Gasteiger partial charge in [-0.2, -0.15) is 5.26 Å². The molecule has 2 aliphatic heterocycles. The summed E-state index contributed by atoms with van der Waals surface area (Å²) in [5.41, 5.74) is 2.18. The van der Waals surface area contributed by atoms with Gasteiger partial charge in [-0.05, 0) is 0 Å². The molecule has 0 bridgehead atoms. The quantitative estimate of drug-likeness (QED) is 0.526. The van der Waals surface area contributed by atoms with Crippen molar-refractivity contribution < 1.29 is 13.9 Å². The van der Waals surface area contributed by atoms with E-state index in [0.717, 1.165) is 23.6 Å². The SMILES string of the molecule is CC=C[As]CC1CN(c2ccc(N3CCC(=CC#N)CC3)c(F)c2)C(=O)O1. The fourth-order valence-electron chi connectivity index (χ4n) is 3.30. The molecule has 2 saturated heterocycles. The number of cyclic esters (lactones) is 1. The Labute approximate surface area is 165 Å². The van der Waals surface area contributed by atoms with Gasteiger partial charge in [0, 0.05) is 6.08 Å². The van der Waals surface area contributed by atoms with Crippen molar-refractivity contribution in [1.82, 2.24) is 0 Å². The Balaban J connectivity index is 1.66. The number of amides is 1. The van der Waals surface area contributed by atoms with E-state index in [4.69, 9.17) is 10.00 Å². The predicted molar refractivity (Wildman–Crippen MR) is 105 cm³/mol. The number of anilines is 2. The van der Waals surface area contributed by atoms with Gasteiger partial charge in [0.15, 0.2) is 0 Å². The molecule has 3 rings (SSSR count). The van der Waals surface area contributed by atoms with Crippen LogP contribution in [0, 0.1) is 17.1 Å². The number of piperidine rings is 1. The summed E-state index contributed by atoms with van der Waals surface area (Å²) in [5, 5.41) is 9.59. The minimum absolute atomic E-state index is 0.0283. The standard InChI is InChI=1S/C20H22AsFN3O2/c1-2-8-21-13-17-14-25(20(26)27-17)16-3-4-19(18(22)12-16)24-10-6-15(5-9-23)7-11-24/h2-5,8,12,17H,6-7,10-11,13-14H2,1H3. The zero-order chi connectivity index (χ0) is 19.2. The summed E-state index contributed by atoms with van der Waals surface area (Å²) in [6.07, 6.45) is 4.61. The van der Waals surface area contributed by atoms with Gasteiger partial charge in [-0.25, -0.2) is 0 Å². The van der Waals surface area contributed by atoms with Gasteiger partial charge in [-0.3, -0.25) is 0 Å². The topological polar surface area (TPSA) is 56.6 Å². The van der Waals surface area contributed by atoms with Gasteiger partial charge in [0.1, 0.15) is 0 Å². The van der Waals surface area contributed by atoms with Crippen LogP contribution < -0.4 is 9.80 Å². The molecule has 7 heteroatoms. The van der Waals surface area contributed by atoms with Crippen molar-refractivity contribution in [2.45, 2.75) is 31.1 Å². The van der Waals surface area contributed by atoms with Crippen LogP contribution in [-0.2, 0) is 4.74 Å². The summed E-state index contributed by atoms with van der Waals surface area (Å²) in [6.45, 7) is 3.82. The Hall–Kier alpha value is -2.25. The molecule has 2 aliphatic rings. The number of carbonyl (C=O) groups is 1. The molecule has 1 aromatic rings. The number of allylic oxidation sites excluding steroid dienone is 2. The number of ether oxygens (including phenoxy) is 1. The van der Waals surface area contributed by atoms with Crippen LogP contribution in [-0.4, -0.2) is 47.6 Å². The second kappa shape index (κ2) is 9.10. The number of benzene rings is 1. The van der Waals surface area contributed by atoms with Crippen molar-refractivity contribution in [2.75, 3.05) is 29.4 Å². The van der Waals surface area contributed by atoms with Gasteiger partial charge in [0.25, 0.3) is 0 Å². The van der Waals surface area contributed by atoms with Crippen molar-refractivity contribution in [2.24, 2.45) is 0 Å². The molecule has 0 saturated carbocycles. The van der Waals surface area contributed by atoms with E-state index in [1.54, 1.807) is 18.2 Å². The fraction of sp³-hybridized carbons (Fsp3) is 0.400. The molecule has 0 N–H and O–H groups in total. The molecule has 0 aliphatic carbocycles. The van der Waals surface area contributed by atoms with E-state index >= 15 is 0 Å². The number of hydrogen-bond donors (Lipinski definition) is 0. The summed E-state index contributed by atoms with van der Waals surface area (Å²) >= 11 is 0.0283. The molecular weight excluding hydrogens is 408 g/mol. The summed E-state index contributed by atoms with van der Waals surface area (Å²) in [6, 6.07) is 6.99. The normalized spacial score (nSPS) is 20.6. The average molecular weight is 430 g/mol. The van der Waals surface area contributed by atoms with Crippen LogP contribution in [0.2, 0.25) is 5.21 Å². The molecule has 1 aromatic carbocycles. The third-order valence-corrected chi connectivity index (χ3v) is 7.06. The second-order valence-electron chi connectivity index (χ2n) is 6.52. The van der Waals surface area contributed by atoms with E-state index in [2.05, 4.69) is 10.9 Å². The summed E-state index contributed by atoms with van der Waals surface area (Å²) in [5.74, 6) is -0.336. The van der Waals surface area contributed by atoms with Crippen LogP contribution >= 0.6 is 0 Å². The molecule has 1 amide bonds. The predicted octanol–water partition coefficient (Wildman–Crippen LogP) is 3.86. The number of carbonyl (C=O) groups excluding carboxylic acids is 1. The Kier molecular flexibility index (Phi) is 6.58. The van der Waals surface area contributed by atoms with E-state index in [0.29, 0.717) is 31.0 Å². The van der Waals surface area contributed by atoms with Crippen molar-refractivity contribution in [1.29, 1.82) is 5.26 Å². The second-order valence-corrected chi connectivity index (χ2v) is 8.68. The Morgan fingerprint density at radius 3 is 2.85 bits per heavy atom. The summed E-state index contributed by atoms with van der Waals surface area (Å²) in [7, 11) is 0. The first-order chi connectivity index (χ1) is 13.1. The third kappa shape index (κ3) is 4.73. The third-order valence-electron chi connectivity index (χ3n) is 4.70. The molecule has 27 heavy (non-hydrogen) atoms. The Morgan fingerprint density at radius 1 is 1.41 bits per heavy atom. The number of rotatable bonds is 5. The summed E-state index contributed by atoms with van der Waals surface area (Å²) < 4.78 is 20.1. The number of hydrogen-bond acceptors (Lipinski definition) is 4. The number of halogens is 1. The first-order valence-corrected chi connectivity index (χ1v) is 11.4. The van der Waals surface area contributed by atoms with Crippen LogP contribution in [0.4, 0.5) is 20.6 Å². The molecule has 141 valence electrons. The first kappa shape index (κ1) is 19.5. The van der Waals surface area contributed by atoms with E-state index < -0.39 is 6.09 Å². The van der Waals surface area contributed by atoms with Crippen LogP contribution in [0.1, 0.15) is 19.8 Å². The molecule has 0 aromatic heterocycles. The van der Waals surface area contributed by atoms with Gasteiger partial charge >= 0.3 is 148 Å². The van der Waals surface area contributed by atoms with E-state index in [1.165, 1.54) is 11.0 Å². The van der Waals surface area contributed by atoms with Gasteiger partial charge in [0.05, 0.1) is 6.07 Å². The molecule has 2 fully saturated rings. The monoisotopic (exact) mass is 430 g/mol. The zero-order valence-electron chi connectivity index (χ0n) is 15.3. The van der Waals surface area contributed by atoms with Crippen molar-refractivity contribution in [3.63, 3.8) is 0 Å². The van der Waals surface area contributed by atoms with E-state index in [-0.39, 0.29) is 27.7 Å². The Morgan fingerprint density at radius 2 is 2.19 bits per heavy atom. The van der Waals surface area contributed by atoms with Gasteiger partial charge < -0.3 is 0 Å². The first-order valence-electron chi connectivity index (χ1n) is 9.00. The van der Waals surface area contributed by atoms with Crippen LogP contribution in [0.3, 0.4) is 0 Å². The number of nitrogens with zero attached hydrogens (tertiary/aromatic N) is 3. The van der Waals surface area contributed by atoms with Gasteiger partial charge in [0.2, 0.25) is 0 Å².